The number of nitro groups is 1. The first kappa shape index (κ1) is 20.1. The Morgan fingerprint density at radius 1 is 1.07 bits per heavy atom. The third-order valence-electron chi connectivity index (χ3n) is 3.98. The average molecular weight is 370 g/mol. The molecule has 0 radical (unpaired) electrons. The molecule has 142 valence electrons. The van der Waals surface area contributed by atoms with Gasteiger partial charge in [0.2, 0.25) is 0 Å². The van der Waals surface area contributed by atoms with Crippen LogP contribution in [0.5, 0.6) is 0 Å². The molecule has 2 aromatic rings. The van der Waals surface area contributed by atoms with Gasteiger partial charge < -0.3 is 9.64 Å². The Morgan fingerprint density at radius 2 is 1.78 bits per heavy atom. The van der Waals surface area contributed by atoms with E-state index in [1.165, 1.54) is 17.0 Å². The molecule has 0 N–H and O–H groups in total. The second-order valence-electron chi connectivity index (χ2n) is 6.31. The number of hydrogen-bond acceptors (Lipinski definition) is 5. The molecule has 0 bridgehead atoms. The van der Waals surface area contributed by atoms with E-state index >= 15 is 0 Å². The van der Waals surface area contributed by atoms with Crippen molar-refractivity contribution in [1.29, 1.82) is 0 Å². The van der Waals surface area contributed by atoms with Crippen LogP contribution < -0.4 is 0 Å². The summed E-state index contributed by atoms with van der Waals surface area (Å²) in [4.78, 5) is 35.9. The van der Waals surface area contributed by atoms with Crippen LogP contribution in [0.4, 0.5) is 5.69 Å². The summed E-state index contributed by atoms with van der Waals surface area (Å²) < 4.78 is 5.22. The van der Waals surface area contributed by atoms with Crippen molar-refractivity contribution >= 4 is 17.6 Å². The standard InChI is InChI=1S/C20H22N2O5/c1-21(2)20(24)17-13-15(11-12-18(17)22(25)26)9-6-10-19(23)27-14-16-7-4-3-5-8-16/h3-5,7-8,11-13H,6,9-10,14H2,1-2H3. The Kier molecular flexibility index (Phi) is 7.05. The highest BCUT2D eigenvalue weighted by Gasteiger charge is 2.21. The number of nitrogens with zero attached hydrogens (tertiary/aromatic N) is 2. The normalized spacial score (nSPS) is 10.3. The molecule has 0 fully saturated rings. The van der Waals surface area contributed by atoms with Crippen molar-refractivity contribution in [3.63, 3.8) is 0 Å². The topological polar surface area (TPSA) is 89.8 Å². The zero-order valence-corrected chi connectivity index (χ0v) is 15.4. The first-order valence-corrected chi connectivity index (χ1v) is 8.57. The van der Waals surface area contributed by atoms with Crippen molar-refractivity contribution < 1.29 is 19.2 Å². The number of esters is 1. The fourth-order valence-corrected chi connectivity index (χ4v) is 2.56. The predicted octanol–water partition coefficient (Wildman–Crippen LogP) is 3.36. The largest absolute Gasteiger partial charge is 0.461 e. The van der Waals surface area contributed by atoms with Crippen molar-refractivity contribution in [1.82, 2.24) is 4.90 Å². The van der Waals surface area contributed by atoms with Crippen LogP contribution in [0.25, 0.3) is 0 Å². The van der Waals surface area contributed by atoms with E-state index in [1.54, 1.807) is 20.2 Å². The van der Waals surface area contributed by atoms with Crippen molar-refractivity contribution in [2.24, 2.45) is 0 Å². The first-order chi connectivity index (χ1) is 12.9. The van der Waals surface area contributed by atoms with Gasteiger partial charge in [0.05, 0.1) is 4.92 Å². The molecular weight excluding hydrogens is 348 g/mol. The zero-order chi connectivity index (χ0) is 19.8. The summed E-state index contributed by atoms with van der Waals surface area (Å²) in [5.41, 5.74) is 1.52. The predicted molar refractivity (Wildman–Crippen MR) is 100 cm³/mol. The molecule has 0 aliphatic rings. The molecule has 0 aromatic heterocycles. The van der Waals surface area contributed by atoms with E-state index < -0.39 is 10.8 Å². The summed E-state index contributed by atoms with van der Waals surface area (Å²) in [6.45, 7) is 0.235. The van der Waals surface area contributed by atoms with Crippen LogP contribution in [0.3, 0.4) is 0 Å². The van der Waals surface area contributed by atoms with Crippen LogP contribution >= 0.6 is 0 Å². The van der Waals surface area contributed by atoms with Gasteiger partial charge in [-0.15, -0.1) is 0 Å². The fourth-order valence-electron chi connectivity index (χ4n) is 2.56. The smallest absolute Gasteiger partial charge is 0.306 e. The van der Waals surface area contributed by atoms with Gasteiger partial charge in [-0.05, 0) is 30.0 Å². The molecule has 2 aromatic carbocycles. The summed E-state index contributed by atoms with van der Waals surface area (Å²) >= 11 is 0. The highest BCUT2D eigenvalue weighted by Crippen LogP contribution is 2.22. The molecule has 0 spiro atoms. The summed E-state index contributed by atoms with van der Waals surface area (Å²) in [6.07, 6.45) is 1.29. The minimum Gasteiger partial charge on any atom is -0.461 e. The van der Waals surface area contributed by atoms with E-state index in [9.17, 15) is 19.7 Å². The second kappa shape index (κ2) is 9.47. The van der Waals surface area contributed by atoms with Gasteiger partial charge in [-0.1, -0.05) is 36.4 Å². The van der Waals surface area contributed by atoms with Crippen LogP contribution in [-0.2, 0) is 22.6 Å². The van der Waals surface area contributed by atoms with Crippen LogP contribution in [0.1, 0.15) is 34.3 Å². The van der Waals surface area contributed by atoms with Crippen molar-refractivity contribution in [3.8, 4) is 0 Å². The molecule has 0 saturated heterocycles. The maximum atomic E-state index is 12.2. The average Bonchev–Trinajstić information content (AvgIpc) is 2.66. The lowest BCUT2D eigenvalue weighted by atomic mass is 10.0. The van der Waals surface area contributed by atoms with Crippen molar-refractivity contribution in [2.75, 3.05) is 14.1 Å². The Labute approximate surface area is 157 Å². The van der Waals surface area contributed by atoms with Gasteiger partial charge in [-0.25, -0.2) is 0 Å². The summed E-state index contributed by atoms with van der Waals surface area (Å²) in [6, 6.07) is 13.9. The first-order valence-electron chi connectivity index (χ1n) is 8.57. The monoisotopic (exact) mass is 370 g/mol. The number of carbonyl (C=O) groups excluding carboxylic acids is 2. The highest BCUT2D eigenvalue weighted by molar-refractivity contribution is 5.98. The minimum absolute atomic E-state index is 0.0501. The molecule has 1 amide bonds. The van der Waals surface area contributed by atoms with E-state index in [4.69, 9.17) is 4.74 Å². The Balaban J connectivity index is 1.91. The SMILES string of the molecule is CN(C)C(=O)c1cc(CCCC(=O)OCc2ccccc2)ccc1[N+](=O)[O-]. The number of rotatable bonds is 8. The Hall–Kier alpha value is -3.22. The molecule has 0 saturated carbocycles. The zero-order valence-electron chi connectivity index (χ0n) is 15.4. The summed E-state index contributed by atoms with van der Waals surface area (Å²) in [5, 5.41) is 11.1. The molecule has 0 heterocycles. The van der Waals surface area contributed by atoms with Gasteiger partial charge in [-0.3, -0.25) is 19.7 Å². The van der Waals surface area contributed by atoms with E-state index in [-0.39, 0.29) is 30.2 Å². The Bertz CT molecular complexity index is 818. The van der Waals surface area contributed by atoms with Crippen LogP contribution in [0.15, 0.2) is 48.5 Å². The molecule has 0 aliphatic heterocycles. The van der Waals surface area contributed by atoms with E-state index in [0.29, 0.717) is 12.8 Å². The molecule has 27 heavy (non-hydrogen) atoms. The fraction of sp³-hybridized carbons (Fsp3) is 0.300. The number of aryl methyl sites for hydroxylation is 1. The van der Waals surface area contributed by atoms with E-state index in [2.05, 4.69) is 0 Å². The number of nitro benzene ring substituents is 1. The number of carbonyl (C=O) groups is 2. The number of ether oxygens (including phenoxy) is 1. The maximum Gasteiger partial charge on any atom is 0.306 e. The van der Waals surface area contributed by atoms with Gasteiger partial charge >= 0.3 is 5.97 Å². The maximum absolute atomic E-state index is 12.2. The second-order valence-corrected chi connectivity index (χ2v) is 6.31. The Morgan fingerprint density at radius 3 is 2.41 bits per heavy atom. The lowest BCUT2D eigenvalue weighted by Crippen LogP contribution is -2.22. The van der Waals surface area contributed by atoms with Crippen LogP contribution in [-0.4, -0.2) is 35.8 Å². The van der Waals surface area contributed by atoms with E-state index in [0.717, 1.165) is 11.1 Å². The molecule has 0 aliphatic carbocycles. The number of benzene rings is 2. The van der Waals surface area contributed by atoms with Gasteiger partial charge in [-0.2, -0.15) is 0 Å². The van der Waals surface area contributed by atoms with Crippen molar-refractivity contribution in [3.05, 3.63) is 75.3 Å². The third-order valence-corrected chi connectivity index (χ3v) is 3.98. The van der Waals surface area contributed by atoms with Gasteiger partial charge in [0.25, 0.3) is 11.6 Å². The van der Waals surface area contributed by atoms with Gasteiger partial charge in [0.15, 0.2) is 0 Å². The molecule has 2 rings (SSSR count). The number of hydrogen-bond donors (Lipinski definition) is 0. The summed E-state index contributed by atoms with van der Waals surface area (Å²) in [5.74, 6) is -0.726. The van der Waals surface area contributed by atoms with Crippen LogP contribution in [0.2, 0.25) is 0 Å². The minimum atomic E-state index is -0.568. The molecular formula is C20H22N2O5. The van der Waals surface area contributed by atoms with Crippen molar-refractivity contribution in [2.45, 2.75) is 25.9 Å². The molecule has 0 atom stereocenters. The highest BCUT2D eigenvalue weighted by atomic mass is 16.6. The lowest BCUT2D eigenvalue weighted by molar-refractivity contribution is -0.385. The molecule has 7 nitrogen and oxygen atoms in total. The van der Waals surface area contributed by atoms with E-state index in [1.807, 2.05) is 30.3 Å². The van der Waals surface area contributed by atoms with Gasteiger partial charge in [0.1, 0.15) is 12.2 Å². The lowest BCUT2D eigenvalue weighted by Gasteiger charge is -2.11. The third kappa shape index (κ3) is 5.91. The van der Waals surface area contributed by atoms with Gasteiger partial charge in [0, 0.05) is 26.6 Å². The number of amides is 1. The molecule has 0 unspecified atom stereocenters. The van der Waals surface area contributed by atoms with Crippen LogP contribution in [0, 0.1) is 10.1 Å². The molecule has 7 heteroatoms. The summed E-state index contributed by atoms with van der Waals surface area (Å²) in [7, 11) is 3.09. The quantitative estimate of drug-likeness (QED) is 0.404.